The van der Waals surface area contributed by atoms with Gasteiger partial charge < -0.3 is 10.1 Å². The van der Waals surface area contributed by atoms with E-state index >= 15 is 0 Å². The van der Waals surface area contributed by atoms with Crippen LogP contribution in [0.25, 0.3) is 10.8 Å². The van der Waals surface area contributed by atoms with Gasteiger partial charge in [0.05, 0.1) is 6.61 Å². The van der Waals surface area contributed by atoms with Gasteiger partial charge in [-0.15, -0.1) is 11.8 Å². The molecule has 0 radical (unpaired) electrons. The molecule has 2 heteroatoms. The maximum Gasteiger partial charge on any atom is 0.124 e. The van der Waals surface area contributed by atoms with Crippen molar-refractivity contribution in [3.8, 4) is 17.6 Å². The Kier molecular flexibility index (Phi) is 4.83. The van der Waals surface area contributed by atoms with Crippen molar-refractivity contribution in [1.29, 1.82) is 0 Å². The van der Waals surface area contributed by atoms with E-state index in [1.165, 1.54) is 16.3 Å². The minimum absolute atomic E-state index is 0.635. The third-order valence-corrected chi connectivity index (χ3v) is 3.01. The zero-order valence-electron chi connectivity index (χ0n) is 11.5. The number of rotatable bonds is 5. The predicted octanol–water partition coefficient (Wildman–Crippen LogP) is 3.35. The lowest BCUT2D eigenvalue weighted by molar-refractivity contribution is 0.324. The smallest absolute Gasteiger partial charge is 0.124 e. The lowest BCUT2D eigenvalue weighted by atomic mass is 10.0. The van der Waals surface area contributed by atoms with Gasteiger partial charge in [0.15, 0.2) is 0 Å². The molecule has 19 heavy (non-hydrogen) atoms. The fourth-order valence-corrected chi connectivity index (χ4v) is 2.15. The van der Waals surface area contributed by atoms with Gasteiger partial charge in [0.1, 0.15) is 5.75 Å². The Balaban J connectivity index is 2.30. The van der Waals surface area contributed by atoms with Crippen molar-refractivity contribution in [3.05, 3.63) is 42.0 Å². The Bertz CT molecular complexity index is 607. The van der Waals surface area contributed by atoms with Gasteiger partial charge in [-0.3, -0.25) is 0 Å². The molecule has 2 aromatic rings. The molecule has 0 amide bonds. The molecule has 98 valence electrons. The van der Waals surface area contributed by atoms with Crippen molar-refractivity contribution in [2.24, 2.45) is 0 Å². The minimum Gasteiger partial charge on any atom is -0.492 e. The van der Waals surface area contributed by atoms with E-state index in [1.54, 1.807) is 0 Å². The summed E-state index contributed by atoms with van der Waals surface area (Å²) in [5.74, 6) is 6.85. The average Bonchev–Trinajstić information content (AvgIpc) is 2.45. The number of hydrogen-bond acceptors (Lipinski definition) is 2. The Morgan fingerprint density at radius 3 is 2.79 bits per heavy atom. The van der Waals surface area contributed by atoms with Gasteiger partial charge in [0, 0.05) is 18.5 Å². The molecule has 0 saturated carbocycles. The molecule has 0 heterocycles. The van der Waals surface area contributed by atoms with E-state index in [0.717, 1.165) is 18.7 Å². The highest BCUT2D eigenvalue weighted by atomic mass is 16.5. The van der Waals surface area contributed by atoms with E-state index in [0.29, 0.717) is 6.61 Å². The number of ether oxygens (including phenoxy) is 1. The van der Waals surface area contributed by atoms with Crippen LogP contribution >= 0.6 is 0 Å². The number of fused-ring (bicyclic) bond motifs is 1. The van der Waals surface area contributed by atoms with Crippen molar-refractivity contribution in [2.45, 2.75) is 19.9 Å². The Morgan fingerprint density at radius 1 is 1.16 bits per heavy atom. The summed E-state index contributed by atoms with van der Waals surface area (Å²) in [6.45, 7) is 3.29. The molecule has 2 rings (SSSR count). The normalized spacial score (nSPS) is 10.0. The molecule has 2 nitrogen and oxygen atoms in total. The van der Waals surface area contributed by atoms with Crippen molar-refractivity contribution in [3.63, 3.8) is 0 Å². The van der Waals surface area contributed by atoms with Gasteiger partial charge in [0.2, 0.25) is 0 Å². The summed E-state index contributed by atoms with van der Waals surface area (Å²) >= 11 is 0. The molecule has 0 aromatic heterocycles. The van der Waals surface area contributed by atoms with Crippen LogP contribution in [0.5, 0.6) is 5.75 Å². The van der Waals surface area contributed by atoms with Crippen molar-refractivity contribution in [2.75, 3.05) is 13.7 Å². The number of benzene rings is 2. The van der Waals surface area contributed by atoms with E-state index in [1.807, 2.05) is 20.0 Å². The largest absolute Gasteiger partial charge is 0.492 e. The molecule has 0 fully saturated rings. The standard InChI is InChI=1S/C17H19NO/c1-3-4-7-12-19-17-11-10-14-8-5-6-9-15(14)16(17)13-18-2/h5-6,8-11,18H,7,12-13H2,1-2H3. The molecule has 0 saturated heterocycles. The summed E-state index contributed by atoms with van der Waals surface area (Å²) in [6, 6.07) is 12.5. The highest BCUT2D eigenvalue weighted by Gasteiger charge is 2.07. The van der Waals surface area contributed by atoms with Gasteiger partial charge in [-0.1, -0.05) is 30.3 Å². The van der Waals surface area contributed by atoms with E-state index in [2.05, 4.69) is 47.5 Å². The van der Waals surface area contributed by atoms with Gasteiger partial charge >= 0.3 is 0 Å². The summed E-state index contributed by atoms with van der Waals surface area (Å²) in [4.78, 5) is 0. The first-order chi connectivity index (χ1) is 9.36. The summed E-state index contributed by atoms with van der Waals surface area (Å²) < 4.78 is 5.86. The van der Waals surface area contributed by atoms with E-state index in [-0.39, 0.29) is 0 Å². The molecule has 0 bridgehead atoms. The SMILES string of the molecule is CC#CCCOc1ccc2ccccc2c1CNC. The van der Waals surface area contributed by atoms with Crippen LogP contribution in [0.2, 0.25) is 0 Å². The quantitative estimate of drug-likeness (QED) is 0.651. The first-order valence-corrected chi connectivity index (χ1v) is 6.54. The van der Waals surface area contributed by atoms with Crippen molar-refractivity contribution >= 4 is 10.8 Å². The third kappa shape index (κ3) is 3.27. The van der Waals surface area contributed by atoms with Gasteiger partial charge in [0.25, 0.3) is 0 Å². The fourth-order valence-electron chi connectivity index (χ4n) is 2.15. The van der Waals surface area contributed by atoms with E-state index < -0.39 is 0 Å². The maximum absolute atomic E-state index is 5.86. The van der Waals surface area contributed by atoms with Crippen molar-refractivity contribution < 1.29 is 4.74 Å². The average molecular weight is 253 g/mol. The van der Waals surface area contributed by atoms with Gasteiger partial charge in [-0.25, -0.2) is 0 Å². The summed E-state index contributed by atoms with van der Waals surface area (Å²) in [7, 11) is 1.95. The molecule has 0 spiro atoms. The lowest BCUT2D eigenvalue weighted by Gasteiger charge is -2.13. The first-order valence-electron chi connectivity index (χ1n) is 6.54. The highest BCUT2D eigenvalue weighted by Crippen LogP contribution is 2.28. The Hall–Kier alpha value is -1.98. The van der Waals surface area contributed by atoms with Crippen LogP contribution in [-0.2, 0) is 6.54 Å². The van der Waals surface area contributed by atoms with Crippen LogP contribution in [0.4, 0.5) is 0 Å². The molecule has 0 atom stereocenters. The molecule has 0 aliphatic rings. The summed E-state index contributed by atoms with van der Waals surface area (Å²) in [5.41, 5.74) is 1.21. The van der Waals surface area contributed by atoms with E-state index in [4.69, 9.17) is 4.74 Å². The number of nitrogens with one attached hydrogen (secondary N) is 1. The molecular formula is C17H19NO. The molecule has 1 N–H and O–H groups in total. The van der Waals surface area contributed by atoms with Gasteiger partial charge in [-0.05, 0) is 30.8 Å². The van der Waals surface area contributed by atoms with Crippen LogP contribution in [0.3, 0.4) is 0 Å². The van der Waals surface area contributed by atoms with Gasteiger partial charge in [-0.2, -0.15) is 0 Å². The summed E-state index contributed by atoms with van der Waals surface area (Å²) in [6.07, 6.45) is 0.766. The Labute approximate surface area is 114 Å². The predicted molar refractivity (Wildman–Crippen MR) is 80.3 cm³/mol. The zero-order valence-corrected chi connectivity index (χ0v) is 11.5. The van der Waals surface area contributed by atoms with Crippen LogP contribution in [0.15, 0.2) is 36.4 Å². The second-order valence-electron chi connectivity index (χ2n) is 4.32. The van der Waals surface area contributed by atoms with Crippen molar-refractivity contribution in [1.82, 2.24) is 5.32 Å². The minimum atomic E-state index is 0.635. The van der Waals surface area contributed by atoms with Crippen LogP contribution in [0, 0.1) is 11.8 Å². The second kappa shape index (κ2) is 6.82. The fraction of sp³-hybridized carbons (Fsp3) is 0.294. The topological polar surface area (TPSA) is 21.3 Å². The molecular weight excluding hydrogens is 234 g/mol. The molecule has 0 aliphatic carbocycles. The summed E-state index contributed by atoms with van der Waals surface area (Å²) in [5, 5.41) is 5.70. The zero-order chi connectivity index (χ0) is 13.5. The third-order valence-electron chi connectivity index (χ3n) is 3.01. The van der Waals surface area contributed by atoms with Crippen LogP contribution in [-0.4, -0.2) is 13.7 Å². The van der Waals surface area contributed by atoms with Crippen LogP contribution in [0.1, 0.15) is 18.9 Å². The highest BCUT2D eigenvalue weighted by molar-refractivity contribution is 5.87. The van der Waals surface area contributed by atoms with Crippen LogP contribution < -0.4 is 10.1 Å². The molecule has 0 aliphatic heterocycles. The Morgan fingerprint density at radius 2 is 2.00 bits per heavy atom. The monoisotopic (exact) mass is 253 g/mol. The first kappa shape index (κ1) is 13.5. The second-order valence-corrected chi connectivity index (χ2v) is 4.32. The molecule has 2 aromatic carbocycles. The molecule has 0 unspecified atom stereocenters. The maximum atomic E-state index is 5.86. The lowest BCUT2D eigenvalue weighted by Crippen LogP contribution is -2.08. The number of hydrogen-bond donors (Lipinski definition) is 1. The van der Waals surface area contributed by atoms with E-state index in [9.17, 15) is 0 Å².